The van der Waals surface area contributed by atoms with Crippen LogP contribution in [0.1, 0.15) is 18.4 Å². The number of carbonyl (C=O) groups is 1. The number of aromatic nitrogens is 1. The number of nitrogens with one attached hydrogen (secondary N) is 2. The van der Waals surface area contributed by atoms with Crippen LogP contribution in [0.4, 0.5) is 0 Å². The van der Waals surface area contributed by atoms with E-state index in [2.05, 4.69) is 10.3 Å². The van der Waals surface area contributed by atoms with Crippen LogP contribution in [0.2, 0.25) is 0 Å². The molecule has 1 amide bonds. The van der Waals surface area contributed by atoms with Crippen LogP contribution in [0.15, 0.2) is 18.5 Å². The highest BCUT2D eigenvalue weighted by atomic mass is 16.2. The zero-order valence-electron chi connectivity index (χ0n) is 10.1. The third kappa shape index (κ3) is 4.49. The summed E-state index contributed by atoms with van der Waals surface area (Å²) >= 11 is 0. The Hall–Kier alpha value is -1.29. The summed E-state index contributed by atoms with van der Waals surface area (Å²) in [6, 6.07) is 2.04. The minimum atomic E-state index is 0.228. The summed E-state index contributed by atoms with van der Waals surface area (Å²) in [7, 11) is 3.77. The van der Waals surface area contributed by atoms with Gasteiger partial charge in [0.2, 0.25) is 5.91 Å². The number of hydrogen-bond acceptors (Lipinski definition) is 2. The van der Waals surface area contributed by atoms with Crippen LogP contribution in [0.3, 0.4) is 0 Å². The molecule has 0 aliphatic heterocycles. The van der Waals surface area contributed by atoms with Crippen molar-refractivity contribution in [1.82, 2.24) is 15.2 Å². The lowest BCUT2D eigenvalue weighted by Gasteiger charge is -2.16. The topological polar surface area (TPSA) is 48.1 Å². The van der Waals surface area contributed by atoms with Gasteiger partial charge < -0.3 is 15.2 Å². The molecule has 0 spiro atoms. The Labute approximate surface area is 97.0 Å². The Morgan fingerprint density at radius 2 is 2.38 bits per heavy atom. The summed E-state index contributed by atoms with van der Waals surface area (Å²) in [5, 5.41) is 3.04. The quantitative estimate of drug-likeness (QED) is 0.678. The fraction of sp³-hybridized carbons (Fsp3) is 0.583. The van der Waals surface area contributed by atoms with Gasteiger partial charge >= 0.3 is 0 Å². The van der Waals surface area contributed by atoms with Gasteiger partial charge in [-0.25, -0.2) is 0 Å². The highest BCUT2D eigenvalue weighted by molar-refractivity contribution is 5.75. The van der Waals surface area contributed by atoms with Gasteiger partial charge in [-0.1, -0.05) is 0 Å². The highest BCUT2D eigenvalue weighted by Crippen LogP contribution is 2.01. The van der Waals surface area contributed by atoms with E-state index in [-0.39, 0.29) is 5.91 Å². The summed E-state index contributed by atoms with van der Waals surface area (Å²) in [6.45, 7) is 1.69. The number of aromatic amines is 1. The summed E-state index contributed by atoms with van der Waals surface area (Å²) in [6.07, 6.45) is 6.33. The highest BCUT2D eigenvalue weighted by Gasteiger charge is 2.07. The van der Waals surface area contributed by atoms with Gasteiger partial charge in [-0.05, 0) is 38.1 Å². The van der Waals surface area contributed by atoms with Crippen LogP contribution in [-0.4, -0.2) is 43.0 Å². The average molecular weight is 223 g/mol. The van der Waals surface area contributed by atoms with Gasteiger partial charge in [0.1, 0.15) is 0 Å². The minimum Gasteiger partial charge on any atom is -0.367 e. The summed E-state index contributed by atoms with van der Waals surface area (Å²) < 4.78 is 0. The second kappa shape index (κ2) is 7.06. The largest absolute Gasteiger partial charge is 0.367 e. The van der Waals surface area contributed by atoms with Crippen molar-refractivity contribution in [3.05, 3.63) is 24.0 Å². The van der Waals surface area contributed by atoms with E-state index < -0.39 is 0 Å². The lowest BCUT2D eigenvalue weighted by atomic mass is 10.2. The molecule has 0 unspecified atom stereocenters. The first kappa shape index (κ1) is 12.8. The second-order valence-electron chi connectivity index (χ2n) is 3.99. The molecule has 1 aromatic rings. The molecular weight excluding hydrogens is 202 g/mol. The number of nitrogens with zero attached hydrogens (tertiary/aromatic N) is 1. The van der Waals surface area contributed by atoms with E-state index in [4.69, 9.17) is 0 Å². The van der Waals surface area contributed by atoms with E-state index in [1.54, 1.807) is 0 Å². The fourth-order valence-electron chi connectivity index (χ4n) is 1.54. The summed E-state index contributed by atoms with van der Waals surface area (Å²) in [5.41, 5.74) is 1.25. The van der Waals surface area contributed by atoms with E-state index in [1.807, 2.05) is 37.5 Å². The van der Waals surface area contributed by atoms with Crippen LogP contribution >= 0.6 is 0 Å². The smallest absolute Gasteiger partial charge is 0.222 e. The Balaban J connectivity index is 2.18. The van der Waals surface area contributed by atoms with E-state index >= 15 is 0 Å². The molecule has 0 radical (unpaired) electrons. The van der Waals surface area contributed by atoms with Crippen molar-refractivity contribution >= 4 is 5.91 Å². The molecule has 90 valence electrons. The lowest BCUT2D eigenvalue weighted by molar-refractivity contribution is -0.129. The maximum Gasteiger partial charge on any atom is 0.222 e. The maximum absolute atomic E-state index is 11.7. The van der Waals surface area contributed by atoms with E-state index in [0.717, 1.165) is 25.9 Å². The molecule has 0 saturated carbocycles. The second-order valence-corrected chi connectivity index (χ2v) is 3.99. The van der Waals surface area contributed by atoms with Crippen LogP contribution in [-0.2, 0) is 11.2 Å². The first-order chi connectivity index (χ1) is 7.74. The Morgan fingerprint density at radius 1 is 1.56 bits per heavy atom. The van der Waals surface area contributed by atoms with Crippen molar-refractivity contribution in [3.63, 3.8) is 0 Å². The van der Waals surface area contributed by atoms with Crippen LogP contribution in [0, 0.1) is 0 Å². The molecule has 0 aliphatic carbocycles. The summed E-state index contributed by atoms with van der Waals surface area (Å²) in [5.74, 6) is 0.228. The lowest BCUT2D eigenvalue weighted by Crippen LogP contribution is -2.29. The van der Waals surface area contributed by atoms with Gasteiger partial charge in [0.25, 0.3) is 0 Å². The predicted octanol–water partition coefficient (Wildman–Crippen LogP) is 1.02. The van der Waals surface area contributed by atoms with Gasteiger partial charge in [0, 0.05) is 32.4 Å². The molecule has 1 heterocycles. The molecule has 4 nitrogen and oxygen atoms in total. The molecule has 0 aliphatic rings. The number of rotatable bonds is 7. The van der Waals surface area contributed by atoms with Gasteiger partial charge in [-0.3, -0.25) is 4.79 Å². The molecule has 4 heteroatoms. The third-order valence-electron chi connectivity index (χ3n) is 2.64. The Kier molecular flexibility index (Phi) is 5.64. The zero-order valence-corrected chi connectivity index (χ0v) is 10.1. The Bertz CT molecular complexity index is 295. The van der Waals surface area contributed by atoms with Crippen molar-refractivity contribution in [2.24, 2.45) is 0 Å². The first-order valence-electron chi connectivity index (χ1n) is 5.74. The maximum atomic E-state index is 11.7. The third-order valence-corrected chi connectivity index (χ3v) is 2.64. The fourth-order valence-corrected chi connectivity index (χ4v) is 1.54. The number of amides is 1. The van der Waals surface area contributed by atoms with E-state index in [0.29, 0.717) is 6.42 Å². The number of carbonyl (C=O) groups excluding carboxylic acids is 1. The number of likely N-dealkylation sites (N-methyl/N-ethyl adjacent to an activating group) is 1. The number of hydrogen-bond donors (Lipinski definition) is 2. The molecular formula is C12H21N3O. The molecule has 0 atom stereocenters. The van der Waals surface area contributed by atoms with Crippen molar-refractivity contribution in [2.45, 2.75) is 19.3 Å². The molecule has 0 aromatic carbocycles. The first-order valence-corrected chi connectivity index (χ1v) is 5.74. The van der Waals surface area contributed by atoms with Crippen molar-refractivity contribution < 1.29 is 4.79 Å². The molecule has 1 aromatic heterocycles. The molecule has 0 saturated heterocycles. The van der Waals surface area contributed by atoms with E-state index in [1.165, 1.54) is 5.56 Å². The molecule has 1 rings (SSSR count). The predicted molar refractivity (Wildman–Crippen MR) is 65.3 cm³/mol. The van der Waals surface area contributed by atoms with Crippen LogP contribution in [0.25, 0.3) is 0 Å². The molecule has 2 N–H and O–H groups in total. The molecule has 0 bridgehead atoms. The normalized spacial score (nSPS) is 10.4. The van der Waals surface area contributed by atoms with Crippen LogP contribution < -0.4 is 5.32 Å². The minimum absolute atomic E-state index is 0.228. The van der Waals surface area contributed by atoms with E-state index in [9.17, 15) is 4.79 Å². The molecule has 0 fully saturated rings. The average Bonchev–Trinajstić information content (AvgIpc) is 2.79. The van der Waals surface area contributed by atoms with Crippen molar-refractivity contribution in [2.75, 3.05) is 27.2 Å². The van der Waals surface area contributed by atoms with Crippen LogP contribution in [0.5, 0.6) is 0 Å². The molecule has 16 heavy (non-hydrogen) atoms. The van der Waals surface area contributed by atoms with Crippen molar-refractivity contribution in [1.29, 1.82) is 0 Å². The monoisotopic (exact) mass is 223 g/mol. The van der Waals surface area contributed by atoms with Gasteiger partial charge in [-0.2, -0.15) is 0 Å². The Morgan fingerprint density at radius 3 is 3.00 bits per heavy atom. The summed E-state index contributed by atoms with van der Waals surface area (Å²) in [4.78, 5) is 16.5. The van der Waals surface area contributed by atoms with Gasteiger partial charge in [0.05, 0.1) is 0 Å². The van der Waals surface area contributed by atoms with Gasteiger partial charge in [-0.15, -0.1) is 0 Å². The zero-order chi connectivity index (χ0) is 11.8. The van der Waals surface area contributed by atoms with Gasteiger partial charge in [0.15, 0.2) is 0 Å². The van der Waals surface area contributed by atoms with Crippen molar-refractivity contribution in [3.8, 4) is 0 Å². The SMILES string of the molecule is CNCCCC(=O)N(C)CCc1cc[nH]c1. The number of H-pyrrole nitrogens is 1. The standard InChI is InChI=1S/C12H21N3O/c1-13-7-3-4-12(16)15(2)9-6-11-5-8-14-10-11/h5,8,10,13-14H,3-4,6-7,9H2,1-2H3.